The van der Waals surface area contributed by atoms with Crippen molar-refractivity contribution in [2.75, 3.05) is 6.54 Å². The molecule has 2 rings (SSSR count). The third-order valence-electron chi connectivity index (χ3n) is 3.51. The SMILES string of the molecule is Cc1nn(C)c(CC(CN)Cc2ccc(Cl)cc2)c1Cl. The maximum Gasteiger partial charge on any atom is 0.0847 e. The van der Waals surface area contributed by atoms with E-state index in [4.69, 9.17) is 28.9 Å². The molecule has 2 N–H and O–H groups in total. The molecule has 0 spiro atoms. The highest BCUT2D eigenvalue weighted by Crippen LogP contribution is 2.23. The van der Waals surface area contributed by atoms with Gasteiger partial charge in [-0.2, -0.15) is 5.10 Å². The van der Waals surface area contributed by atoms with E-state index < -0.39 is 0 Å². The third kappa shape index (κ3) is 3.54. The van der Waals surface area contributed by atoms with Crippen LogP contribution >= 0.6 is 23.2 Å². The zero-order valence-corrected chi connectivity index (χ0v) is 13.2. The normalized spacial score (nSPS) is 12.7. The molecule has 2 aromatic rings. The second-order valence-corrected chi connectivity index (χ2v) is 5.92. The number of benzene rings is 1. The lowest BCUT2D eigenvalue weighted by atomic mass is 9.94. The Hall–Kier alpha value is -1.03. The van der Waals surface area contributed by atoms with E-state index in [9.17, 15) is 0 Å². The van der Waals surface area contributed by atoms with Crippen LogP contribution in [-0.4, -0.2) is 16.3 Å². The van der Waals surface area contributed by atoms with Crippen LogP contribution in [0.3, 0.4) is 0 Å². The van der Waals surface area contributed by atoms with E-state index in [1.165, 1.54) is 5.56 Å². The van der Waals surface area contributed by atoms with Gasteiger partial charge >= 0.3 is 0 Å². The first-order valence-corrected chi connectivity index (χ1v) is 7.39. The maximum atomic E-state index is 6.30. The summed E-state index contributed by atoms with van der Waals surface area (Å²) in [6.45, 7) is 2.53. The lowest BCUT2D eigenvalue weighted by molar-refractivity contribution is 0.511. The van der Waals surface area contributed by atoms with E-state index in [1.807, 2.05) is 42.9 Å². The third-order valence-corrected chi connectivity index (χ3v) is 4.26. The number of nitrogens with zero attached hydrogens (tertiary/aromatic N) is 2. The molecule has 0 aliphatic heterocycles. The quantitative estimate of drug-likeness (QED) is 0.919. The van der Waals surface area contributed by atoms with Crippen LogP contribution in [-0.2, 0) is 19.9 Å². The van der Waals surface area contributed by atoms with Crippen LogP contribution in [0.1, 0.15) is 17.0 Å². The summed E-state index contributed by atoms with van der Waals surface area (Å²) >= 11 is 12.2. The van der Waals surface area contributed by atoms with E-state index in [2.05, 4.69) is 5.10 Å². The number of hydrogen-bond donors (Lipinski definition) is 1. The molecule has 1 aromatic carbocycles. The summed E-state index contributed by atoms with van der Waals surface area (Å²) in [7, 11) is 1.92. The van der Waals surface area contributed by atoms with E-state index in [0.717, 1.165) is 34.3 Å². The van der Waals surface area contributed by atoms with Crippen molar-refractivity contribution in [3.05, 3.63) is 51.3 Å². The molecule has 0 aliphatic carbocycles. The summed E-state index contributed by atoms with van der Waals surface area (Å²) in [5.41, 5.74) is 9.06. The van der Waals surface area contributed by atoms with Gasteiger partial charge in [0, 0.05) is 12.1 Å². The predicted octanol–water partition coefficient (Wildman–Crippen LogP) is 3.40. The highest BCUT2D eigenvalue weighted by atomic mass is 35.5. The molecule has 0 amide bonds. The highest BCUT2D eigenvalue weighted by molar-refractivity contribution is 6.31. The predicted molar refractivity (Wildman–Crippen MR) is 84.4 cm³/mol. The first-order valence-electron chi connectivity index (χ1n) is 6.63. The smallest absolute Gasteiger partial charge is 0.0847 e. The molecule has 1 unspecified atom stereocenters. The fraction of sp³-hybridized carbons (Fsp3) is 0.400. The molecule has 20 heavy (non-hydrogen) atoms. The fourth-order valence-electron chi connectivity index (χ4n) is 2.37. The zero-order valence-electron chi connectivity index (χ0n) is 11.7. The zero-order chi connectivity index (χ0) is 14.7. The minimum absolute atomic E-state index is 0.337. The van der Waals surface area contributed by atoms with Crippen LogP contribution in [0.15, 0.2) is 24.3 Å². The second-order valence-electron chi connectivity index (χ2n) is 5.11. The molecule has 0 saturated carbocycles. The summed E-state index contributed by atoms with van der Waals surface area (Å²) in [4.78, 5) is 0. The van der Waals surface area contributed by atoms with Crippen molar-refractivity contribution >= 4 is 23.2 Å². The monoisotopic (exact) mass is 311 g/mol. The summed E-state index contributed by atoms with van der Waals surface area (Å²) < 4.78 is 1.85. The van der Waals surface area contributed by atoms with Crippen molar-refractivity contribution in [2.45, 2.75) is 19.8 Å². The van der Waals surface area contributed by atoms with Crippen molar-refractivity contribution < 1.29 is 0 Å². The van der Waals surface area contributed by atoms with Gasteiger partial charge in [-0.15, -0.1) is 0 Å². The molecule has 1 heterocycles. The van der Waals surface area contributed by atoms with Gasteiger partial charge in [-0.1, -0.05) is 35.3 Å². The first kappa shape index (κ1) is 15.4. The Morgan fingerprint density at radius 2 is 1.85 bits per heavy atom. The van der Waals surface area contributed by atoms with Crippen LogP contribution < -0.4 is 5.73 Å². The Morgan fingerprint density at radius 3 is 2.35 bits per heavy atom. The Morgan fingerprint density at radius 1 is 1.20 bits per heavy atom. The van der Waals surface area contributed by atoms with Crippen molar-refractivity contribution in [1.29, 1.82) is 0 Å². The van der Waals surface area contributed by atoms with Crippen molar-refractivity contribution in [2.24, 2.45) is 18.7 Å². The number of hydrogen-bond acceptors (Lipinski definition) is 2. The summed E-state index contributed by atoms with van der Waals surface area (Å²) in [6, 6.07) is 7.90. The van der Waals surface area contributed by atoms with E-state index in [-0.39, 0.29) is 0 Å². The maximum absolute atomic E-state index is 6.30. The number of rotatable bonds is 5. The fourth-order valence-corrected chi connectivity index (χ4v) is 2.73. The standard InChI is InChI=1S/C15H19Cl2N3/c1-10-15(17)14(20(2)19-10)8-12(9-18)7-11-3-5-13(16)6-4-11/h3-6,12H,7-9,18H2,1-2H3. The molecule has 3 nitrogen and oxygen atoms in total. The minimum atomic E-state index is 0.337. The molecule has 108 valence electrons. The summed E-state index contributed by atoms with van der Waals surface area (Å²) in [6.07, 6.45) is 1.74. The summed E-state index contributed by atoms with van der Waals surface area (Å²) in [5.74, 6) is 0.337. The highest BCUT2D eigenvalue weighted by Gasteiger charge is 2.16. The Balaban J connectivity index is 2.11. The van der Waals surface area contributed by atoms with Crippen molar-refractivity contribution in [3.63, 3.8) is 0 Å². The molecule has 1 aromatic heterocycles. The van der Waals surface area contributed by atoms with E-state index in [0.29, 0.717) is 12.5 Å². The van der Waals surface area contributed by atoms with Gasteiger partial charge in [-0.3, -0.25) is 4.68 Å². The van der Waals surface area contributed by atoms with E-state index >= 15 is 0 Å². The first-order chi connectivity index (χ1) is 9.51. The second kappa shape index (κ2) is 6.61. The number of aryl methyl sites for hydroxylation is 2. The number of nitrogens with two attached hydrogens (primary N) is 1. The largest absolute Gasteiger partial charge is 0.330 e. The average Bonchev–Trinajstić information content (AvgIpc) is 2.66. The van der Waals surface area contributed by atoms with Gasteiger partial charge < -0.3 is 5.73 Å². The minimum Gasteiger partial charge on any atom is -0.330 e. The van der Waals surface area contributed by atoms with Crippen molar-refractivity contribution in [3.8, 4) is 0 Å². The Labute approximate surface area is 129 Å². The molecular weight excluding hydrogens is 293 g/mol. The lowest BCUT2D eigenvalue weighted by Gasteiger charge is -2.15. The molecule has 5 heteroatoms. The topological polar surface area (TPSA) is 43.8 Å². The van der Waals surface area contributed by atoms with Crippen LogP contribution in [0, 0.1) is 12.8 Å². The molecule has 1 atom stereocenters. The van der Waals surface area contributed by atoms with Crippen LogP contribution in [0.5, 0.6) is 0 Å². The average molecular weight is 312 g/mol. The molecule has 0 aliphatic rings. The van der Waals surface area contributed by atoms with Gasteiger partial charge in [-0.05, 0) is 49.9 Å². The van der Waals surface area contributed by atoms with Gasteiger partial charge in [0.2, 0.25) is 0 Å². The van der Waals surface area contributed by atoms with Gasteiger partial charge in [0.25, 0.3) is 0 Å². The molecule has 0 bridgehead atoms. The Kier molecular flexibility index (Phi) is 5.08. The number of aromatic nitrogens is 2. The Bertz CT molecular complexity index is 576. The lowest BCUT2D eigenvalue weighted by Crippen LogP contribution is -2.20. The molecule has 0 saturated heterocycles. The van der Waals surface area contributed by atoms with Crippen LogP contribution in [0.4, 0.5) is 0 Å². The van der Waals surface area contributed by atoms with E-state index in [1.54, 1.807) is 0 Å². The molecular formula is C15H19Cl2N3. The molecule has 0 fully saturated rings. The van der Waals surface area contributed by atoms with Gasteiger partial charge in [-0.25, -0.2) is 0 Å². The van der Waals surface area contributed by atoms with Gasteiger partial charge in [0.05, 0.1) is 16.4 Å². The van der Waals surface area contributed by atoms with Crippen molar-refractivity contribution in [1.82, 2.24) is 9.78 Å². The van der Waals surface area contributed by atoms with Gasteiger partial charge in [0.1, 0.15) is 0 Å². The van der Waals surface area contributed by atoms with Gasteiger partial charge in [0.15, 0.2) is 0 Å². The summed E-state index contributed by atoms with van der Waals surface area (Å²) in [5, 5.41) is 5.85. The van der Waals surface area contributed by atoms with Crippen LogP contribution in [0.2, 0.25) is 10.0 Å². The number of halogens is 2. The molecule has 0 radical (unpaired) electrons. The van der Waals surface area contributed by atoms with Crippen LogP contribution in [0.25, 0.3) is 0 Å².